The number of carbonyl (C=O) groups is 2. The number of fused-ring (bicyclic) bond motifs is 3. The van der Waals surface area contributed by atoms with Crippen molar-refractivity contribution in [3.8, 4) is 11.1 Å². The van der Waals surface area contributed by atoms with E-state index in [0.29, 0.717) is 19.6 Å². The highest BCUT2D eigenvalue weighted by atomic mass is 16.5. The number of hydrogen-bond donors (Lipinski definition) is 3. The van der Waals surface area contributed by atoms with Crippen LogP contribution in [-0.2, 0) is 9.53 Å². The molecular formula is C25H33N3O3. The van der Waals surface area contributed by atoms with E-state index < -0.39 is 12.1 Å². The third-order valence-corrected chi connectivity index (χ3v) is 5.39. The fourth-order valence-corrected chi connectivity index (χ4v) is 3.92. The quantitative estimate of drug-likeness (QED) is 0.561. The summed E-state index contributed by atoms with van der Waals surface area (Å²) in [6.45, 7) is 6.57. The Balaban J connectivity index is 1.39. The molecule has 4 N–H and O–H groups in total. The monoisotopic (exact) mass is 423 g/mol. The molecule has 0 heterocycles. The SMILES string of the molecule is CC(C)(C)NC(=O)C(N)CCCCNC(=O)OCC1c2ccccc2-c2ccccc21. The number of rotatable bonds is 8. The number of amides is 2. The molecule has 6 nitrogen and oxygen atoms in total. The summed E-state index contributed by atoms with van der Waals surface area (Å²) in [7, 11) is 0. The number of alkyl carbamates (subject to hydrolysis) is 1. The van der Waals surface area contributed by atoms with Gasteiger partial charge in [-0.15, -0.1) is 0 Å². The van der Waals surface area contributed by atoms with E-state index in [1.54, 1.807) is 0 Å². The van der Waals surface area contributed by atoms with Gasteiger partial charge < -0.3 is 21.1 Å². The molecule has 166 valence electrons. The van der Waals surface area contributed by atoms with Crippen LogP contribution in [0, 0.1) is 0 Å². The minimum atomic E-state index is -0.534. The first kappa shape index (κ1) is 22.8. The number of unbranched alkanes of at least 4 members (excludes halogenated alkanes) is 1. The van der Waals surface area contributed by atoms with Gasteiger partial charge in [0.1, 0.15) is 6.61 Å². The van der Waals surface area contributed by atoms with Crippen LogP contribution < -0.4 is 16.4 Å². The van der Waals surface area contributed by atoms with E-state index in [-0.39, 0.29) is 17.4 Å². The predicted octanol–water partition coefficient (Wildman–Crippen LogP) is 3.94. The average molecular weight is 424 g/mol. The first-order chi connectivity index (χ1) is 14.8. The molecule has 0 saturated heterocycles. The van der Waals surface area contributed by atoms with Crippen molar-refractivity contribution in [1.82, 2.24) is 10.6 Å². The van der Waals surface area contributed by atoms with Crippen LogP contribution in [-0.4, -0.2) is 36.7 Å². The van der Waals surface area contributed by atoms with Crippen molar-refractivity contribution < 1.29 is 14.3 Å². The molecule has 0 aromatic heterocycles. The van der Waals surface area contributed by atoms with E-state index >= 15 is 0 Å². The molecule has 0 saturated carbocycles. The third kappa shape index (κ3) is 6.07. The Bertz CT molecular complexity index is 875. The maximum Gasteiger partial charge on any atom is 0.407 e. The van der Waals surface area contributed by atoms with Crippen LogP contribution >= 0.6 is 0 Å². The van der Waals surface area contributed by atoms with Gasteiger partial charge in [-0.05, 0) is 62.3 Å². The zero-order valence-electron chi connectivity index (χ0n) is 18.6. The molecule has 0 spiro atoms. The predicted molar refractivity (Wildman–Crippen MR) is 123 cm³/mol. The van der Waals surface area contributed by atoms with Gasteiger partial charge in [-0.1, -0.05) is 48.5 Å². The summed E-state index contributed by atoms with van der Waals surface area (Å²) >= 11 is 0. The summed E-state index contributed by atoms with van der Waals surface area (Å²) in [5, 5.41) is 5.68. The van der Waals surface area contributed by atoms with Crippen LogP contribution in [0.25, 0.3) is 11.1 Å². The highest BCUT2D eigenvalue weighted by Crippen LogP contribution is 2.44. The number of nitrogens with two attached hydrogens (primary N) is 1. The largest absolute Gasteiger partial charge is 0.449 e. The highest BCUT2D eigenvalue weighted by Gasteiger charge is 2.29. The fraction of sp³-hybridized carbons (Fsp3) is 0.440. The molecule has 0 fully saturated rings. The molecule has 6 heteroatoms. The highest BCUT2D eigenvalue weighted by molar-refractivity contribution is 5.82. The Hall–Kier alpha value is -2.86. The molecule has 3 rings (SSSR count). The summed E-state index contributed by atoms with van der Waals surface area (Å²) in [6.07, 6.45) is 1.65. The van der Waals surface area contributed by atoms with Crippen molar-refractivity contribution in [2.75, 3.05) is 13.2 Å². The molecule has 1 atom stereocenters. The number of hydrogen-bond acceptors (Lipinski definition) is 4. The second-order valence-corrected chi connectivity index (χ2v) is 9.09. The second-order valence-electron chi connectivity index (χ2n) is 9.09. The minimum absolute atomic E-state index is 0.0532. The van der Waals surface area contributed by atoms with E-state index in [0.717, 1.165) is 12.8 Å². The molecule has 0 radical (unpaired) electrons. The lowest BCUT2D eigenvalue weighted by Crippen LogP contribution is -2.48. The summed E-state index contributed by atoms with van der Waals surface area (Å²) < 4.78 is 5.52. The maximum atomic E-state index is 12.2. The summed E-state index contributed by atoms with van der Waals surface area (Å²) in [5.41, 5.74) is 10.4. The zero-order valence-corrected chi connectivity index (χ0v) is 18.6. The van der Waals surface area contributed by atoms with Gasteiger partial charge in [-0.3, -0.25) is 4.79 Å². The van der Waals surface area contributed by atoms with Crippen LogP contribution in [0.3, 0.4) is 0 Å². The Morgan fingerprint density at radius 1 is 1.00 bits per heavy atom. The molecule has 1 aliphatic carbocycles. The van der Waals surface area contributed by atoms with Gasteiger partial charge in [0.25, 0.3) is 0 Å². The van der Waals surface area contributed by atoms with Crippen LogP contribution in [0.4, 0.5) is 4.79 Å². The van der Waals surface area contributed by atoms with Gasteiger partial charge in [0, 0.05) is 18.0 Å². The van der Waals surface area contributed by atoms with Crippen molar-refractivity contribution in [1.29, 1.82) is 0 Å². The molecular weight excluding hydrogens is 390 g/mol. The first-order valence-corrected chi connectivity index (χ1v) is 10.9. The smallest absolute Gasteiger partial charge is 0.407 e. The molecule has 1 aliphatic rings. The number of nitrogens with one attached hydrogen (secondary N) is 2. The van der Waals surface area contributed by atoms with E-state index in [4.69, 9.17) is 10.5 Å². The lowest BCUT2D eigenvalue weighted by molar-refractivity contribution is -0.123. The van der Waals surface area contributed by atoms with Crippen molar-refractivity contribution >= 4 is 12.0 Å². The lowest BCUT2D eigenvalue weighted by atomic mass is 9.98. The average Bonchev–Trinajstić information content (AvgIpc) is 3.04. The second kappa shape index (κ2) is 9.96. The van der Waals surface area contributed by atoms with Crippen LogP contribution in [0.15, 0.2) is 48.5 Å². The standard InChI is InChI=1S/C25H33N3O3/c1-25(2,3)28-23(29)22(26)14-8-9-15-27-24(30)31-16-21-19-12-6-4-10-17(19)18-11-5-7-13-20(18)21/h4-7,10-13,21-22H,8-9,14-16,26H2,1-3H3,(H,27,30)(H,28,29). The van der Waals surface area contributed by atoms with E-state index in [2.05, 4.69) is 34.9 Å². The molecule has 2 aromatic carbocycles. The van der Waals surface area contributed by atoms with E-state index in [9.17, 15) is 9.59 Å². The van der Waals surface area contributed by atoms with Gasteiger partial charge in [0.05, 0.1) is 6.04 Å². The fourth-order valence-electron chi connectivity index (χ4n) is 3.92. The number of ether oxygens (including phenoxy) is 1. The van der Waals surface area contributed by atoms with E-state index in [1.165, 1.54) is 22.3 Å². The van der Waals surface area contributed by atoms with Crippen molar-refractivity contribution in [3.05, 3.63) is 59.7 Å². The summed E-state index contributed by atoms with van der Waals surface area (Å²) in [6, 6.07) is 16.0. The Kier molecular flexibility index (Phi) is 7.33. The van der Waals surface area contributed by atoms with Gasteiger partial charge in [-0.25, -0.2) is 4.79 Å². The van der Waals surface area contributed by atoms with Gasteiger partial charge in [0.2, 0.25) is 5.91 Å². The van der Waals surface area contributed by atoms with Crippen LogP contribution in [0.2, 0.25) is 0 Å². The Labute approximate surface area is 184 Å². The molecule has 0 aliphatic heterocycles. The molecule has 1 unspecified atom stereocenters. The van der Waals surface area contributed by atoms with E-state index in [1.807, 2.05) is 45.0 Å². The lowest BCUT2D eigenvalue weighted by Gasteiger charge is -2.23. The molecule has 0 bridgehead atoms. The van der Waals surface area contributed by atoms with Gasteiger partial charge in [0.15, 0.2) is 0 Å². The normalized spacial score (nSPS) is 13.8. The minimum Gasteiger partial charge on any atom is -0.449 e. The first-order valence-electron chi connectivity index (χ1n) is 10.9. The third-order valence-electron chi connectivity index (χ3n) is 5.39. The van der Waals surface area contributed by atoms with Crippen molar-refractivity contribution in [2.24, 2.45) is 5.73 Å². The Morgan fingerprint density at radius 3 is 2.16 bits per heavy atom. The number of benzene rings is 2. The van der Waals surface area contributed by atoms with Crippen LogP contribution in [0.5, 0.6) is 0 Å². The topological polar surface area (TPSA) is 93.5 Å². The molecule has 2 aromatic rings. The van der Waals surface area contributed by atoms with Crippen LogP contribution in [0.1, 0.15) is 57.1 Å². The summed E-state index contributed by atoms with van der Waals surface area (Å²) in [5.74, 6) is -0.0885. The van der Waals surface area contributed by atoms with Crippen molar-refractivity contribution in [2.45, 2.75) is 57.5 Å². The number of carbonyl (C=O) groups excluding carboxylic acids is 2. The molecule has 31 heavy (non-hydrogen) atoms. The maximum absolute atomic E-state index is 12.2. The van der Waals surface area contributed by atoms with Gasteiger partial charge in [-0.2, -0.15) is 0 Å². The Morgan fingerprint density at radius 2 is 1.58 bits per heavy atom. The molecule has 2 amide bonds. The van der Waals surface area contributed by atoms with Crippen molar-refractivity contribution in [3.63, 3.8) is 0 Å². The zero-order chi connectivity index (χ0) is 22.4. The summed E-state index contributed by atoms with van der Waals surface area (Å²) in [4.78, 5) is 24.2. The van der Waals surface area contributed by atoms with Gasteiger partial charge >= 0.3 is 6.09 Å².